The molecule has 8 heteroatoms. The van der Waals surface area contributed by atoms with Crippen LogP contribution in [-0.4, -0.2) is 44.1 Å². The zero-order chi connectivity index (χ0) is 18.9. The fraction of sp³-hybridized carbons (Fsp3) is 0.250. The zero-order valence-electron chi connectivity index (χ0n) is 15.0. The van der Waals surface area contributed by atoms with Crippen LogP contribution in [0.1, 0.15) is 35.0 Å². The quantitative estimate of drug-likeness (QED) is 0.529. The van der Waals surface area contributed by atoms with Crippen LogP contribution in [0.15, 0.2) is 51.8 Å². The van der Waals surface area contributed by atoms with Crippen molar-refractivity contribution in [3.05, 3.63) is 58.9 Å². The summed E-state index contributed by atoms with van der Waals surface area (Å²) in [5.74, 6) is 1.18. The van der Waals surface area contributed by atoms with Crippen LogP contribution in [0.2, 0.25) is 0 Å². The van der Waals surface area contributed by atoms with Crippen molar-refractivity contribution in [3.8, 4) is 11.5 Å². The van der Waals surface area contributed by atoms with Crippen LogP contribution in [0, 0.1) is 0 Å². The number of likely N-dealkylation sites (tertiary alicyclic amines) is 1. The van der Waals surface area contributed by atoms with Gasteiger partial charge in [-0.05, 0) is 42.5 Å². The Morgan fingerprint density at radius 1 is 1.14 bits per heavy atom. The van der Waals surface area contributed by atoms with Gasteiger partial charge in [0, 0.05) is 42.0 Å². The summed E-state index contributed by atoms with van der Waals surface area (Å²) in [7, 11) is 0. The zero-order valence-corrected chi connectivity index (χ0v) is 15.8. The third kappa shape index (κ3) is 3.16. The van der Waals surface area contributed by atoms with Crippen molar-refractivity contribution in [1.29, 1.82) is 0 Å². The molecular weight excluding hydrogens is 374 g/mol. The van der Waals surface area contributed by atoms with Gasteiger partial charge in [-0.2, -0.15) is 11.3 Å². The van der Waals surface area contributed by atoms with Crippen molar-refractivity contribution in [3.63, 3.8) is 0 Å². The lowest BCUT2D eigenvalue weighted by molar-refractivity contribution is 0.0698. The van der Waals surface area contributed by atoms with Gasteiger partial charge in [0.2, 0.25) is 11.8 Å². The van der Waals surface area contributed by atoms with Crippen LogP contribution >= 0.6 is 11.3 Å². The molecule has 0 N–H and O–H groups in total. The van der Waals surface area contributed by atoms with Crippen molar-refractivity contribution >= 4 is 28.3 Å². The van der Waals surface area contributed by atoms with Gasteiger partial charge in [0.15, 0.2) is 0 Å². The molecule has 7 nitrogen and oxygen atoms in total. The molecule has 1 saturated heterocycles. The fourth-order valence-corrected chi connectivity index (χ4v) is 4.17. The molecule has 0 saturated carbocycles. The molecule has 0 radical (unpaired) electrons. The van der Waals surface area contributed by atoms with E-state index in [1.54, 1.807) is 29.8 Å². The smallest absolute Gasteiger partial charge is 0.253 e. The highest BCUT2D eigenvalue weighted by molar-refractivity contribution is 7.08. The summed E-state index contributed by atoms with van der Waals surface area (Å²) in [6, 6.07) is 7.41. The molecule has 3 aromatic heterocycles. The van der Waals surface area contributed by atoms with E-state index in [1.165, 1.54) is 0 Å². The van der Waals surface area contributed by atoms with Crippen LogP contribution in [0.5, 0.6) is 0 Å². The SMILES string of the molecule is O=C(c1ccc2nccnc2c1)N1CCCC(c2nnc(-c3ccsc3)o2)C1. The van der Waals surface area contributed by atoms with Gasteiger partial charge in [-0.25, -0.2) is 0 Å². The second-order valence-electron chi connectivity index (χ2n) is 6.81. The van der Waals surface area contributed by atoms with Gasteiger partial charge < -0.3 is 9.32 Å². The van der Waals surface area contributed by atoms with Crippen LogP contribution in [0.25, 0.3) is 22.5 Å². The maximum Gasteiger partial charge on any atom is 0.253 e. The summed E-state index contributed by atoms with van der Waals surface area (Å²) in [6.45, 7) is 1.29. The van der Waals surface area contributed by atoms with Crippen molar-refractivity contribution in [2.75, 3.05) is 13.1 Å². The van der Waals surface area contributed by atoms with E-state index in [0.717, 1.165) is 36.0 Å². The minimum atomic E-state index is -0.00479. The molecule has 0 bridgehead atoms. The molecule has 1 aliphatic rings. The van der Waals surface area contributed by atoms with Crippen LogP contribution in [-0.2, 0) is 0 Å². The molecule has 1 atom stereocenters. The molecule has 1 aliphatic heterocycles. The van der Waals surface area contributed by atoms with Crippen LogP contribution < -0.4 is 0 Å². The van der Waals surface area contributed by atoms with Gasteiger partial charge in [0.1, 0.15) is 0 Å². The first-order valence-electron chi connectivity index (χ1n) is 9.14. The number of carbonyl (C=O) groups is 1. The largest absolute Gasteiger partial charge is 0.420 e. The summed E-state index contributed by atoms with van der Waals surface area (Å²) in [6.07, 6.45) is 5.11. The third-order valence-electron chi connectivity index (χ3n) is 4.98. The van der Waals surface area contributed by atoms with Gasteiger partial charge in [-0.15, -0.1) is 10.2 Å². The molecule has 5 rings (SSSR count). The van der Waals surface area contributed by atoms with E-state index in [1.807, 2.05) is 33.9 Å². The molecule has 1 fully saturated rings. The average Bonchev–Trinajstić information content (AvgIpc) is 3.45. The number of hydrogen-bond donors (Lipinski definition) is 0. The number of benzene rings is 1. The highest BCUT2D eigenvalue weighted by atomic mass is 32.1. The lowest BCUT2D eigenvalue weighted by atomic mass is 9.97. The molecule has 0 spiro atoms. The standard InChI is InChI=1S/C20H17N5O2S/c26-20(13-3-4-16-17(10-13)22-7-6-21-16)25-8-1-2-14(11-25)18-23-24-19(27-18)15-5-9-28-12-15/h3-7,9-10,12,14H,1-2,8,11H2. The summed E-state index contributed by atoms with van der Waals surface area (Å²) in [5, 5.41) is 12.4. The predicted molar refractivity (Wildman–Crippen MR) is 105 cm³/mol. The second kappa shape index (κ2) is 7.12. The number of thiophene rings is 1. The van der Waals surface area contributed by atoms with Gasteiger partial charge in [-0.3, -0.25) is 14.8 Å². The monoisotopic (exact) mass is 391 g/mol. The first kappa shape index (κ1) is 17.0. The fourth-order valence-electron chi connectivity index (χ4n) is 3.54. The number of amides is 1. The first-order valence-corrected chi connectivity index (χ1v) is 10.1. The first-order chi connectivity index (χ1) is 13.8. The number of fused-ring (bicyclic) bond motifs is 1. The molecule has 28 heavy (non-hydrogen) atoms. The summed E-state index contributed by atoms with van der Waals surface area (Å²) >= 11 is 1.59. The Morgan fingerprint density at radius 3 is 2.89 bits per heavy atom. The minimum Gasteiger partial charge on any atom is -0.420 e. The van der Waals surface area contributed by atoms with E-state index in [2.05, 4.69) is 20.2 Å². The lowest BCUT2D eigenvalue weighted by Gasteiger charge is -2.31. The minimum absolute atomic E-state index is 0.00479. The topological polar surface area (TPSA) is 85.0 Å². The number of piperidine rings is 1. The van der Waals surface area contributed by atoms with Crippen molar-refractivity contribution < 1.29 is 9.21 Å². The summed E-state index contributed by atoms with van der Waals surface area (Å²) in [4.78, 5) is 23.4. The number of hydrogen-bond acceptors (Lipinski definition) is 7. The molecule has 4 aromatic rings. The molecule has 0 aliphatic carbocycles. The normalized spacial score (nSPS) is 17.1. The van der Waals surface area contributed by atoms with E-state index in [9.17, 15) is 4.79 Å². The predicted octanol–water partition coefficient (Wildman–Crippen LogP) is 3.76. The van der Waals surface area contributed by atoms with E-state index in [0.29, 0.717) is 23.9 Å². The highest BCUT2D eigenvalue weighted by Crippen LogP contribution is 2.30. The third-order valence-corrected chi connectivity index (χ3v) is 5.67. The van der Waals surface area contributed by atoms with Crippen molar-refractivity contribution in [2.24, 2.45) is 0 Å². The maximum atomic E-state index is 13.0. The number of rotatable bonds is 3. The number of carbonyl (C=O) groups excluding carboxylic acids is 1. The van der Waals surface area contributed by atoms with Crippen molar-refractivity contribution in [1.82, 2.24) is 25.1 Å². The molecule has 4 heterocycles. The molecule has 1 unspecified atom stereocenters. The van der Waals surface area contributed by atoms with Crippen LogP contribution in [0.4, 0.5) is 0 Å². The van der Waals surface area contributed by atoms with E-state index in [-0.39, 0.29) is 11.8 Å². The van der Waals surface area contributed by atoms with Gasteiger partial charge in [0.05, 0.1) is 17.0 Å². The Labute approximate surface area is 165 Å². The number of aromatic nitrogens is 4. The maximum absolute atomic E-state index is 13.0. The van der Waals surface area contributed by atoms with Gasteiger partial charge in [0.25, 0.3) is 5.91 Å². The molecule has 1 amide bonds. The Bertz CT molecular complexity index is 1120. The summed E-state index contributed by atoms with van der Waals surface area (Å²) < 4.78 is 5.89. The second-order valence-corrected chi connectivity index (χ2v) is 7.59. The molecular formula is C20H17N5O2S. The van der Waals surface area contributed by atoms with E-state index < -0.39 is 0 Å². The molecule has 140 valence electrons. The highest BCUT2D eigenvalue weighted by Gasteiger charge is 2.29. The Kier molecular flexibility index (Phi) is 4.32. The Morgan fingerprint density at radius 2 is 2.04 bits per heavy atom. The Balaban J connectivity index is 1.35. The average molecular weight is 391 g/mol. The summed E-state index contributed by atoms with van der Waals surface area (Å²) in [5.41, 5.74) is 3.06. The van der Waals surface area contributed by atoms with Crippen LogP contribution in [0.3, 0.4) is 0 Å². The lowest BCUT2D eigenvalue weighted by Crippen LogP contribution is -2.39. The van der Waals surface area contributed by atoms with E-state index >= 15 is 0 Å². The van der Waals surface area contributed by atoms with Crippen molar-refractivity contribution in [2.45, 2.75) is 18.8 Å². The number of nitrogens with zero attached hydrogens (tertiary/aromatic N) is 5. The van der Waals surface area contributed by atoms with Gasteiger partial charge in [-0.1, -0.05) is 0 Å². The molecule has 1 aromatic carbocycles. The Hall–Kier alpha value is -3.13. The van der Waals surface area contributed by atoms with Gasteiger partial charge >= 0.3 is 0 Å². The van der Waals surface area contributed by atoms with E-state index in [4.69, 9.17) is 4.42 Å².